The summed E-state index contributed by atoms with van der Waals surface area (Å²) in [5.41, 5.74) is 3.88. The van der Waals surface area contributed by atoms with Gasteiger partial charge in [-0.25, -0.2) is 0 Å². The molecule has 146 valence electrons. The van der Waals surface area contributed by atoms with E-state index in [0.29, 0.717) is 22.4 Å². The van der Waals surface area contributed by atoms with E-state index in [1.54, 1.807) is 0 Å². The number of carbonyl (C=O) groups excluding carboxylic acids is 1. The van der Waals surface area contributed by atoms with Crippen molar-refractivity contribution in [3.63, 3.8) is 0 Å². The largest absolute Gasteiger partial charge is 0.361 e. The zero-order valence-corrected chi connectivity index (χ0v) is 17.3. The predicted molar refractivity (Wildman–Crippen MR) is 112 cm³/mol. The van der Waals surface area contributed by atoms with E-state index in [2.05, 4.69) is 10.5 Å². The Hall–Kier alpha value is -2.30. The van der Waals surface area contributed by atoms with Crippen molar-refractivity contribution < 1.29 is 9.32 Å². The van der Waals surface area contributed by atoms with Crippen LogP contribution in [0.5, 0.6) is 0 Å². The highest BCUT2D eigenvalue weighted by Gasteiger charge is 2.17. The van der Waals surface area contributed by atoms with Crippen molar-refractivity contribution in [1.82, 2.24) is 10.5 Å². The minimum absolute atomic E-state index is 0.0514. The lowest BCUT2D eigenvalue weighted by molar-refractivity contribution is -0.120. The molecule has 0 fully saturated rings. The van der Waals surface area contributed by atoms with Gasteiger partial charge in [-0.3, -0.25) is 4.79 Å². The predicted octanol–water partition coefficient (Wildman–Crippen LogP) is 5.28. The van der Waals surface area contributed by atoms with Gasteiger partial charge in [0.05, 0.1) is 12.1 Å². The summed E-state index contributed by atoms with van der Waals surface area (Å²) in [6.45, 7) is 4.18. The fraction of sp³-hybridized carbons (Fsp3) is 0.273. The molecule has 0 aliphatic carbocycles. The highest BCUT2D eigenvalue weighted by molar-refractivity contribution is 6.30. The molecular weight excluding hydrogens is 395 g/mol. The van der Waals surface area contributed by atoms with Crippen molar-refractivity contribution in [2.75, 3.05) is 6.54 Å². The Labute approximate surface area is 174 Å². The third-order valence-electron chi connectivity index (χ3n) is 4.80. The topological polar surface area (TPSA) is 55.1 Å². The average molecular weight is 417 g/mol. The number of hydrogen-bond acceptors (Lipinski definition) is 3. The summed E-state index contributed by atoms with van der Waals surface area (Å²) in [5.74, 6) is 0.750. The number of carbonyl (C=O) groups is 1. The van der Waals surface area contributed by atoms with Gasteiger partial charge in [0.15, 0.2) is 0 Å². The lowest BCUT2D eigenvalue weighted by Gasteiger charge is -2.19. The summed E-state index contributed by atoms with van der Waals surface area (Å²) in [4.78, 5) is 12.5. The SMILES string of the molecule is Cc1noc(C)c1CC(=O)NC[C@H](Cc1ccc(Cl)cc1)c1ccc(Cl)cc1. The van der Waals surface area contributed by atoms with Crippen molar-refractivity contribution in [1.29, 1.82) is 0 Å². The Balaban J connectivity index is 1.70. The van der Waals surface area contributed by atoms with Crippen LogP contribution in [0.2, 0.25) is 10.0 Å². The first kappa shape index (κ1) is 20.4. The molecule has 0 saturated carbocycles. The first-order valence-electron chi connectivity index (χ1n) is 9.10. The van der Waals surface area contributed by atoms with Gasteiger partial charge in [-0.15, -0.1) is 0 Å². The monoisotopic (exact) mass is 416 g/mol. The zero-order valence-electron chi connectivity index (χ0n) is 15.8. The van der Waals surface area contributed by atoms with Crippen LogP contribution in [0.15, 0.2) is 53.1 Å². The molecule has 0 bridgehead atoms. The number of halogens is 2. The zero-order chi connectivity index (χ0) is 20.1. The Morgan fingerprint density at radius 2 is 1.64 bits per heavy atom. The third kappa shape index (κ3) is 5.37. The van der Waals surface area contributed by atoms with Crippen molar-refractivity contribution in [3.05, 3.63) is 86.7 Å². The molecule has 3 aromatic rings. The van der Waals surface area contributed by atoms with Gasteiger partial charge < -0.3 is 9.84 Å². The number of hydrogen-bond donors (Lipinski definition) is 1. The molecule has 0 unspecified atom stereocenters. The number of aryl methyl sites for hydroxylation is 2. The lowest BCUT2D eigenvalue weighted by Crippen LogP contribution is -2.30. The van der Waals surface area contributed by atoms with Crippen LogP contribution in [-0.2, 0) is 17.6 Å². The molecule has 6 heteroatoms. The van der Waals surface area contributed by atoms with Crippen molar-refractivity contribution >= 4 is 29.1 Å². The Morgan fingerprint density at radius 1 is 1.04 bits per heavy atom. The van der Waals surface area contributed by atoms with Gasteiger partial charge in [0, 0.05) is 28.1 Å². The fourth-order valence-electron chi connectivity index (χ4n) is 3.16. The van der Waals surface area contributed by atoms with Gasteiger partial charge in [-0.05, 0) is 55.7 Å². The maximum atomic E-state index is 12.5. The number of nitrogens with one attached hydrogen (secondary N) is 1. The first-order chi connectivity index (χ1) is 13.4. The van der Waals surface area contributed by atoms with E-state index < -0.39 is 0 Å². The normalized spacial score (nSPS) is 12.0. The summed E-state index contributed by atoms with van der Waals surface area (Å²) in [7, 11) is 0. The molecule has 0 saturated heterocycles. The van der Waals surface area contributed by atoms with E-state index in [1.807, 2.05) is 62.4 Å². The van der Waals surface area contributed by atoms with E-state index in [-0.39, 0.29) is 18.2 Å². The van der Waals surface area contributed by atoms with Gasteiger partial charge in [0.25, 0.3) is 0 Å². The van der Waals surface area contributed by atoms with Crippen molar-refractivity contribution in [3.8, 4) is 0 Å². The Bertz CT molecular complexity index is 915. The molecule has 28 heavy (non-hydrogen) atoms. The molecule has 1 aromatic heterocycles. The third-order valence-corrected chi connectivity index (χ3v) is 5.30. The minimum Gasteiger partial charge on any atom is -0.361 e. The number of benzene rings is 2. The minimum atomic E-state index is -0.0514. The van der Waals surface area contributed by atoms with Crippen LogP contribution in [0.4, 0.5) is 0 Å². The molecule has 1 atom stereocenters. The second-order valence-corrected chi connectivity index (χ2v) is 7.74. The summed E-state index contributed by atoms with van der Waals surface area (Å²) < 4.78 is 5.14. The van der Waals surface area contributed by atoms with Gasteiger partial charge in [-0.1, -0.05) is 52.6 Å². The quantitative estimate of drug-likeness (QED) is 0.569. The van der Waals surface area contributed by atoms with Crippen LogP contribution < -0.4 is 5.32 Å². The maximum Gasteiger partial charge on any atom is 0.224 e. The summed E-state index contributed by atoms with van der Waals surface area (Å²) >= 11 is 12.0. The molecule has 2 aromatic carbocycles. The van der Waals surface area contributed by atoms with Crippen LogP contribution in [0.25, 0.3) is 0 Å². The molecule has 0 spiro atoms. The average Bonchev–Trinajstić information content (AvgIpc) is 2.99. The second kappa shape index (κ2) is 9.26. The molecule has 1 N–H and O–H groups in total. The van der Waals surface area contributed by atoms with Gasteiger partial charge in [-0.2, -0.15) is 0 Å². The maximum absolute atomic E-state index is 12.5. The standard InChI is InChI=1S/C22H22Cl2N2O2/c1-14-21(15(2)28-26-14)12-22(27)25-13-18(17-5-9-20(24)10-6-17)11-16-3-7-19(23)8-4-16/h3-10,18H,11-13H2,1-2H3,(H,25,27)/t18-/m0/s1. The highest BCUT2D eigenvalue weighted by Crippen LogP contribution is 2.23. The lowest BCUT2D eigenvalue weighted by atomic mass is 9.92. The first-order valence-corrected chi connectivity index (χ1v) is 9.86. The number of rotatable bonds is 7. The van der Waals surface area contributed by atoms with E-state index in [9.17, 15) is 4.79 Å². The molecule has 0 aliphatic rings. The smallest absolute Gasteiger partial charge is 0.224 e. The van der Waals surface area contributed by atoms with Crippen LogP contribution in [0.1, 0.15) is 34.1 Å². The molecule has 3 rings (SSSR count). The van der Waals surface area contributed by atoms with Crippen LogP contribution in [0, 0.1) is 13.8 Å². The van der Waals surface area contributed by atoms with Crippen molar-refractivity contribution in [2.24, 2.45) is 0 Å². The summed E-state index contributed by atoms with van der Waals surface area (Å²) in [6, 6.07) is 15.5. The molecule has 1 amide bonds. The van der Waals surface area contributed by atoms with E-state index in [4.69, 9.17) is 27.7 Å². The molecule has 0 radical (unpaired) electrons. The van der Waals surface area contributed by atoms with Crippen LogP contribution >= 0.6 is 23.2 Å². The Morgan fingerprint density at radius 3 is 2.21 bits per heavy atom. The second-order valence-electron chi connectivity index (χ2n) is 6.86. The number of nitrogens with zero attached hydrogens (tertiary/aromatic N) is 1. The highest BCUT2D eigenvalue weighted by atomic mass is 35.5. The molecular formula is C22H22Cl2N2O2. The fourth-order valence-corrected chi connectivity index (χ4v) is 3.41. The van der Waals surface area contributed by atoms with Gasteiger partial charge in [0.2, 0.25) is 5.91 Å². The molecule has 0 aliphatic heterocycles. The van der Waals surface area contributed by atoms with E-state index in [1.165, 1.54) is 0 Å². The molecule has 1 heterocycles. The summed E-state index contributed by atoms with van der Waals surface area (Å²) in [5, 5.41) is 8.36. The van der Waals surface area contributed by atoms with Crippen LogP contribution in [-0.4, -0.2) is 17.6 Å². The van der Waals surface area contributed by atoms with E-state index in [0.717, 1.165) is 28.8 Å². The van der Waals surface area contributed by atoms with Crippen molar-refractivity contribution in [2.45, 2.75) is 32.6 Å². The van der Waals surface area contributed by atoms with E-state index >= 15 is 0 Å². The van der Waals surface area contributed by atoms with Gasteiger partial charge >= 0.3 is 0 Å². The van der Waals surface area contributed by atoms with Crippen LogP contribution in [0.3, 0.4) is 0 Å². The Kier molecular flexibility index (Phi) is 6.76. The van der Waals surface area contributed by atoms with Gasteiger partial charge in [0.1, 0.15) is 5.76 Å². The molecule has 4 nitrogen and oxygen atoms in total. The summed E-state index contributed by atoms with van der Waals surface area (Å²) in [6.07, 6.45) is 1.04. The number of aromatic nitrogens is 1. The number of amides is 1.